The molecule has 0 N–H and O–H groups in total. The molecule has 3 heterocycles. The third-order valence-corrected chi connectivity index (χ3v) is 5.05. The summed E-state index contributed by atoms with van der Waals surface area (Å²) in [5.41, 5.74) is 2.59. The first-order valence-corrected chi connectivity index (χ1v) is 9.43. The number of aryl methyl sites for hydroxylation is 1. The maximum absolute atomic E-state index is 13.1. The molecule has 5 nitrogen and oxygen atoms in total. The van der Waals surface area contributed by atoms with E-state index in [1.54, 1.807) is 12.4 Å². The van der Waals surface area contributed by atoms with Gasteiger partial charge in [-0.15, -0.1) is 0 Å². The van der Waals surface area contributed by atoms with E-state index in [9.17, 15) is 4.79 Å². The van der Waals surface area contributed by atoms with Gasteiger partial charge in [0.05, 0.1) is 6.20 Å². The number of rotatable bonds is 4. The van der Waals surface area contributed by atoms with Gasteiger partial charge in [0.1, 0.15) is 17.5 Å². The van der Waals surface area contributed by atoms with Gasteiger partial charge in [-0.25, -0.2) is 4.98 Å². The van der Waals surface area contributed by atoms with Crippen LogP contribution in [0.15, 0.2) is 59.3 Å². The van der Waals surface area contributed by atoms with Gasteiger partial charge in [-0.3, -0.25) is 9.78 Å². The fourth-order valence-electron chi connectivity index (χ4n) is 3.63. The van der Waals surface area contributed by atoms with Crippen molar-refractivity contribution >= 4 is 5.91 Å². The lowest BCUT2D eigenvalue weighted by Crippen LogP contribution is -2.39. The molecule has 0 saturated carbocycles. The molecule has 0 aliphatic carbocycles. The molecule has 1 unspecified atom stereocenters. The largest absolute Gasteiger partial charge is 0.443 e. The Bertz CT molecular complexity index is 920. The normalized spacial score (nSPS) is 17.1. The van der Waals surface area contributed by atoms with E-state index in [0.29, 0.717) is 24.6 Å². The van der Waals surface area contributed by atoms with Crippen molar-refractivity contribution in [1.82, 2.24) is 14.9 Å². The zero-order valence-electron chi connectivity index (χ0n) is 15.5. The lowest BCUT2D eigenvalue weighted by molar-refractivity contribution is 0.0563. The highest BCUT2D eigenvalue weighted by Gasteiger charge is 2.33. The predicted molar refractivity (Wildman–Crippen MR) is 102 cm³/mol. The summed E-state index contributed by atoms with van der Waals surface area (Å²) in [6.45, 7) is 2.62. The molecule has 5 heteroatoms. The third kappa shape index (κ3) is 3.77. The number of hydrogen-bond acceptors (Lipinski definition) is 4. The van der Waals surface area contributed by atoms with Crippen LogP contribution in [-0.2, 0) is 6.42 Å². The Balaban J connectivity index is 1.56. The highest BCUT2D eigenvalue weighted by atomic mass is 16.4. The van der Waals surface area contributed by atoms with Crippen LogP contribution in [0.2, 0.25) is 0 Å². The van der Waals surface area contributed by atoms with Crippen molar-refractivity contribution in [2.75, 3.05) is 6.54 Å². The average Bonchev–Trinajstić information content (AvgIpc) is 3.17. The molecule has 1 aliphatic heterocycles. The maximum Gasteiger partial charge on any atom is 0.273 e. The average molecular weight is 361 g/mol. The SMILES string of the molecule is Cc1cccnc1C(=O)N1CCCCC1c1ncc(Cc2ccccc2)o1. The van der Waals surface area contributed by atoms with Gasteiger partial charge in [-0.2, -0.15) is 0 Å². The highest BCUT2D eigenvalue weighted by Crippen LogP contribution is 2.32. The van der Waals surface area contributed by atoms with Crippen LogP contribution in [0.5, 0.6) is 0 Å². The Hall–Kier alpha value is -2.95. The summed E-state index contributed by atoms with van der Waals surface area (Å²) >= 11 is 0. The van der Waals surface area contributed by atoms with Crippen LogP contribution in [0.4, 0.5) is 0 Å². The summed E-state index contributed by atoms with van der Waals surface area (Å²) in [6.07, 6.45) is 7.07. The van der Waals surface area contributed by atoms with Crippen molar-refractivity contribution in [3.05, 3.63) is 83.3 Å². The second-order valence-electron chi connectivity index (χ2n) is 7.01. The molecule has 1 aliphatic rings. The lowest BCUT2D eigenvalue weighted by Gasteiger charge is -2.33. The summed E-state index contributed by atoms with van der Waals surface area (Å²) in [6, 6.07) is 13.8. The minimum absolute atomic E-state index is 0.0411. The second kappa shape index (κ2) is 7.74. The first-order chi connectivity index (χ1) is 13.2. The van der Waals surface area contributed by atoms with Gasteiger partial charge in [0.2, 0.25) is 5.89 Å². The van der Waals surface area contributed by atoms with Crippen LogP contribution in [0.3, 0.4) is 0 Å². The molecule has 27 heavy (non-hydrogen) atoms. The Morgan fingerprint density at radius 2 is 2.00 bits per heavy atom. The van der Waals surface area contributed by atoms with Gasteiger partial charge in [-0.1, -0.05) is 36.4 Å². The standard InChI is InChI=1S/C22H23N3O2/c1-16-8-7-12-23-20(16)22(26)25-13-6-5-11-19(25)21-24-15-18(27-21)14-17-9-3-2-4-10-17/h2-4,7-10,12,15,19H,5-6,11,13-14H2,1H3. The van der Waals surface area contributed by atoms with Crippen LogP contribution in [0.1, 0.15) is 58.6 Å². The second-order valence-corrected chi connectivity index (χ2v) is 7.01. The fraction of sp³-hybridized carbons (Fsp3) is 0.318. The van der Waals surface area contributed by atoms with E-state index < -0.39 is 0 Å². The maximum atomic E-state index is 13.1. The number of likely N-dealkylation sites (tertiary alicyclic amines) is 1. The number of carbonyl (C=O) groups excluding carboxylic acids is 1. The summed E-state index contributed by atoms with van der Waals surface area (Å²) < 4.78 is 6.05. The molecular weight excluding hydrogens is 338 g/mol. The number of amides is 1. The van der Waals surface area contributed by atoms with E-state index in [4.69, 9.17) is 4.42 Å². The lowest BCUT2D eigenvalue weighted by atomic mass is 10.0. The van der Waals surface area contributed by atoms with Gasteiger partial charge in [-0.05, 0) is 43.4 Å². The Kier molecular flexibility index (Phi) is 5.01. The van der Waals surface area contributed by atoms with Gasteiger partial charge in [0, 0.05) is 19.2 Å². The molecule has 0 radical (unpaired) electrons. The number of carbonyl (C=O) groups is 1. The summed E-state index contributed by atoms with van der Waals surface area (Å²) in [5, 5.41) is 0. The summed E-state index contributed by atoms with van der Waals surface area (Å²) in [7, 11) is 0. The zero-order valence-corrected chi connectivity index (χ0v) is 15.5. The first-order valence-electron chi connectivity index (χ1n) is 9.43. The fourth-order valence-corrected chi connectivity index (χ4v) is 3.63. The topological polar surface area (TPSA) is 59.2 Å². The number of oxazole rings is 1. The summed E-state index contributed by atoms with van der Waals surface area (Å²) in [4.78, 5) is 23.8. The van der Waals surface area contributed by atoms with Crippen LogP contribution in [0, 0.1) is 6.92 Å². The Morgan fingerprint density at radius 1 is 1.15 bits per heavy atom. The minimum Gasteiger partial charge on any atom is -0.443 e. The molecule has 138 valence electrons. The van der Waals surface area contributed by atoms with E-state index in [1.165, 1.54) is 5.56 Å². The molecule has 1 fully saturated rings. The molecule has 0 spiro atoms. The van der Waals surface area contributed by atoms with Gasteiger partial charge >= 0.3 is 0 Å². The quantitative estimate of drug-likeness (QED) is 0.694. The molecule has 2 aromatic heterocycles. The van der Waals surface area contributed by atoms with E-state index in [2.05, 4.69) is 22.1 Å². The van der Waals surface area contributed by atoms with Gasteiger partial charge < -0.3 is 9.32 Å². The van der Waals surface area contributed by atoms with Crippen LogP contribution in [0.25, 0.3) is 0 Å². The van der Waals surface area contributed by atoms with Crippen LogP contribution >= 0.6 is 0 Å². The van der Waals surface area contributed by atoms with Crippen molar-refractivity contribution in [3.8, 4) is 0 Å². The molecule has 4 rings (SSSR count). The highest BCUT2D eigenvalue weighted by molar-refractivity contribution is 5.93. The van der Waals surface area contributed by atoms with E-state index in [1.807, 2.05) is 42.2 Å². The van der Waals surface area contributed by atoms with Crippen LogP contribution in [-0.4, -0.2) is 27.3 Å². The number of hydrogen-bond donors (Lipinski definition) is 0. The molecule has 1 atom stereocenters. The van der Waals surface area contributed by atoms with Crippen molar-refractivity contribution < 1.29 is 9.21 Å². The van der Waals surface area contributed by atoms with Gasteiger partial charge in [0.15, 0.2) is 0 Å². The number of piperidine rings is 1. The number of pyridine rings is 1. The number of nitrogens with zero attached hydrogens (tertiary/aromatic N) is 3. The van der Waals surface area contributed by atoms with E-state index >= 15 is 0 Å². The van der Waals surface area contributed by atoms with E-state index in [-0.39, 0.29) is 11.9 Å². The third-order valence-electron chi connectivity index (χ3n) is 5.05. The Labute approximate surface area is 159 Å². The zero-order chi connectivity index (χ0) is 18.6. The number of aromatic nitrogens is 2. The van der Waals surface area contributed by atoms with E-state index in [0.717, 1.165) is 30.6 Å². The van der Waals surface area contributed by atoms with Crippen molar-refractivity contribution in [3.63, 3.8) is 0 Å². The molecule has 1 aromatic carbocycles. The summed E-state index contributed by atoms with van der Waals surface area (Å²) in [5.74, 6) is 1.41. The molecule has 3 aromatic rings. The predicted octanol–water partition coefficient (Wildman–Crippen LogP) is 4.34. The van der Waals surface area contributed by atoms with Crippen LogP contribution < -0.4 is 0 Å². The smallest absolute Gasteiger partial charge is 0.273 e. The molecule has 1 saturated heterocycles. The van der Waals surface area contributed by atoms with Crippen molar-refractivity contribution in [1.29, 1.82) is 0 Å². The number of benzene rings is 1. The molecular formula is C22H23N3O2. The molecule has 0 bridgehead atoms. The van der Waals surface area contributed by atoms with Crippen molar-refractivity contribution in [2.45, 2.75) is 38.6 Å². The first kappa shape index (κ1) is 17.5. The Morgan fingerprint density at radius 3 is 2.81 bits per heavy atom. The van der Waals surface area contributed by atoms with Gasteiger partial charge in [0.25, 0.3) is 5.91 Å². The monoisotopic (exact) mass is 361 g/mol. The minimum atomic E-state index is -0.128. The molecule has 1 amide bonds. The van der Waals surface area contributed by atoms with Crippen molar-refractivity contribution in [2.24, 2.45) is 0 Å².